The van der Waals surface area contributed by atoms with E-state index < -0.39 is 5.60 Å². The molecule has 0 bridgehead atoms. The quantitative estimate of drug-likeness (QED) is 0.668. The Hall–Kier alpha value is -1.79. The lowest BCUT2D eigenvalue weighted by molar-refractivity contribution is -0.0877. The lowest BCUT2D eigenvalue weighted by Gasteiger charge is -2.40. The van der Waals surface area contributed by atoms with Crippen LogP contribution in [0.2, 0.25) is 0 Å². The van der Waals surface area contributed by atoms with Crippen LogP contribution in [0.4, 0.5) is 4.79 Å². The van der Waals surface area contributed by atoms with Gasteiger partial charge in [0.15, 0.2) is 0 Å². The number of piperidine rings is 1. The molecular formula is C25H40N2O4. The van der Waals surface area contributed by atoms with E-state index in [1.54, 1.807) is 11.9 Å². The lowest BCUT2D eigenvalue weighted by Crippen LogP contribution is -2.47. The molecule has 174 valence electrons. The van der Waals surface area contributed by atoms with Crippen molar-refractivity contribution in [1.29, 1.82) is 0 Å². The van der Waals surface area contributed by atoms with Crippen LogP contribution in [0, 0.1) is 0 Å². The summed E-state index contributed by atoms with van der Waals surface area (Å²) in [5.74, 6) is 0.882. The van der Waals surface area contributed by atoms with E-state index in [0.29, 0.717) is 32.1 Å². The highest BCUT2D eigenvalue weighted by Crippen LogP contribution is 2.38. The Kier molecular flexibility index (Phi) is 7.53. The van der Waals surface area contributed by atoms with Gasteiger partial charge in [0.25, 0.3) is 0 Å². The van der Waals surface area contributed by atoms with Crippen molar-refractivity contribution >= 4 is 6.09 Å². The second-order valence-corrected chi connectivity index (χ2v) is 10.2. The molecule has 0 spiro atoms. The SMILES string of the molecule is CC(C)N1CCC(Oc2ccc(C3(OC(=O)N(C)C(C)(C)C)CCOCC3)cc2)CC1. The van der Waals surface area contributed by atoms with Gasteiger partial charge in [-0.1, -0.05) is 12.1 Å². The Morgan fingerprint density at radius 1 is 1.13 bits per heavy atom. The van der Waals surface area contributed by atoms with E-state index in [4.69, 9.17) is 14.2 Å². The van der Waals surface area contributed by atoms with Gasteiger partial charge in [0, 0.05) is 44.6 Å². The van der Waals surface area contributed by atoms with Crippen LogP contribution in [0.5, 0.6) is 5.75 Å². The summed E-state index contributed by atoms with van der Waals surface area (Å²) >= 11 is 0. The fraction of sp³-hybridized carbons (Fsp3) is 0.720. The van der Waals surface area contributed by atoms with Crippen LogP contribution in [-0.2, 0) is 15.1 Å². The molecule has 2 saturated heterocycles. The highest BCUT2D eigenvalue weighted by molar-refractivity contribution is 5.69. The summed E-state index contributed by atoms with van der Waals surface area (Å²) in [5, 5.41) is 0. The standard InChI is InChI=1S/C25H40N2O4/c1-19(2)27-15-11-22(12-16-27)30-21-9-7-20(8-10-21)25(13-17-29-18-14-25)31-23(28)26(6)24(3,4)5/h7-10,19,22H,11-18H2,1-6H3. The second-order valence-electron chi connectivity index (χ2n) is 10.2. The highest BCUT2D eigenvalue weighted by Gasteiger charge is 2.40. The Labute approximate surface area is 187 Å². The van der Waals surface area contributed by atoms with Crippen molar-refractivity contribution in [3.63, 3.8) is 0 Å². The van der Waals surface area contributed by atoms with E-state index in [0.717, 1.165) is 37.2 Å². The van der Waals surface area contributed by atoms with Gasteiger partial charge in [-0.3, -0.25) is 0 Å². The van der Waals surface area contributed by atoms with Crippen LogP contribution in [0.3, 0.4) is 0 Å². The number of likely N-dealkylation sites (tertiary alicyclic amines) is 1. The molecule has 2 aliphatic rings. The van der Waals surface area contributed by atoms with Crippen molar-refractivity contribution in [2.24, 2.45) is 0 Å². The molecular weight excluding hydrogens is 392 g/mol. The summed E-state index contributed by atoms with van der Waals surface area (Å²) in [6, 6.07) is 8.73. The Morgan fingerprint density at radius 3 is 2.23 bits per heavy atom. The molecule has 2 aliphatic heterocycles. The first-order valence-corrected chi connectivity index (χ1v) is 11.7. The zero-order valence-corrected chi connectivity index (χ0v) is 20.1. The third-order valence-corrected chi connectivity index (χ3v) is 6.75. The zero-order chi connectivity index (χ0) is 22.6. The van der Waals surface area contributed by atoms with Gasteiger partial charge in [-0.25, -0.2) is 4.79 Å². The molecule has 0 aliphatic carbocycles. The minimum atomic E-state index is -0.657. The normalized spacial score (nSPS) is 20.5. The number of hydrogen-bond donors (Lipinski definition) is 0. The Morgan fingerprint density at radius 2 is 1.71 bits per heavy atom. The smallest absolute Gasteiger partial charge is 0.410 e. The van der Waals surface area contributed by atoms with Crippen LogP contribution >= 0.6 is 0 Å². The predicted molar refractivity (Wildman–Crippen MR) is 123 cm³/mol. The van der Waals surface area contributed by atoms with E-state index in [1.807, 2.05) is 45.0 Å². The van der Waals surface area contributed by atoms with Crippen LogP contribution in [0.25, 0.3) is 0 Å². The van der Waals surface area contributed by atoms with Crippen molar-refractivity contribution in [2.75, 3.05) is 33.4 Å². The number of carbonyl (C=O) groups excluding carboxylic acids is 1. The molecule has 31 heavy (non-hydrogen) atoms. The molecule has 6 nitrogen and oxygen atoms in total. The van der Waals surface area contributed by atoms with Crippen molar-refractivity contribution < 1.29 is 19.0 Å². The molecule has 2 heterocycles. The van der Waals surface area contributed by atoms with Crippen LogP contribution in [0.15, 0.2) is 24.3 Å². The number of rotatable bonds is 5. The molecule has 0 saturated carbocycles. The fourth-order valence-electron chi connectivity index (χ4n) is 4.20. The van der Waals surface area contributed by atoms with E-state index in [9.17, 15) is 4.79 Å². The number of nitrogens with zero attached hydrogens (tertiary/aromatic N) is 2. The number of hydrogen-bond acceptors (Lipinski definition) is 5. The van der Waals surface area contributed by atoms with Crippen molar-refractivity contribution in [3.05, 3.63) is 29.8 Å². The fourth-order valence-corrected chi connectivity index (χ4v) is 4.20. The van der Waals surface area contributed by atoms with Gasteiger partial charge in [0.05, 0.1) is 13.2 Å². The number of benzene rings is 1. The largest absolute Gasteiger partial charge is 0.490 e. The van der Waals surface area contributed by atoms with Crippen LogP contribution in [-0.4, -0.2) is 66.9 Å². The van der Waals surface area contributed by atoms with Gasteiger partial charge in [-0.15, -0.1) is 0 Å². The van der Waals surface area contributed by atoms with Gasteiger partial charge in [-0.2, -0.15) is 0 Å². The third-order valence-electron chi connectivity index (χ3n) is 6.75. The molecule has 0 unspecified atom stereocenters. The highest BCUT2D eigenvalue weighted by atomic mass is 16.6. The maximum atomic E-state index is 12.9. The summed E-state index contributed by atoms with van der Waals surface area (Å²) in [6.07, 6.45) is 3.38. The molecule has 0 radical (unpaired) electrons. The minimum absolute atomic E-state index is 0.260. The summed E-state index contributed by atoms with van der Waals surface area (Å²) in [5.41, 5.74) is 0.0517. The molecule has 3 rings (SSSR count). The summed E-state index contributed by atoms with van der Waals surface area (Å²) in [6.45, 7) is 13.8. The molecule has 1 amide bonds. The maximum absolute atomic E-state index is 12.9. The first-order chi connectivity index (χ1) is 14.6. The topological polar surface area (TPSA) is 51.2 Å². The molecule has 0 N–H and O–H groups in total. The van der Waals surface area contributed by atoms with E-state index in [-0.39, 0.29) is 17.7 Å². The number of ether oxygens (including phenoxy) is 3. The van der Waals surface area contributed by atoms with Gasteiger partial charge >= 0.3 is 6.09 Å². The third kappa shape index (κ3) is 5.92. The Bertz CT molecular complexity index is 712. The summed E-state index contributed by atoms with van der Waals surface area (Å²) in [4.78, 5) is 17.0. The number of amides is 1. The minimum Gasteiger partial charge on any atom is -0.490 e. The van der Waals surface area contributed by atoms with E-state index in [1.165, 1.54) is 0 Å². The Balaban J connectivity index is 1.68. The van der Waals surface area contributed by atoms with Gasteiger partial charge in [0.2, 0.25) is 0 Å². The molecule has 0 aromatic heterocycles. The van der Waals surface area contributed by atoms with Gasteiger partial charge < -0.3 is 24.0 Å². The first-order valence-electron chi connectivity index (χ1n) is 11.7. The van der Waals surface area contributed by atoms with Crippen molar-refractivity contribution in [1.82, 2.24) is 9.80 Å². The monoisotopic (exact) mass is 432 g/mol. The lowest BCUT2D eigenvalue weighted by atomic mass is 9.86. The molecule has 1 aromatic rings. The average Bonchev–Trinajstić information content (AvgIpc) is 2.74. The van der Waals surface area contributed by atoms with Gasteiger partial charge in [-0.05, 0) is 65.2 Å². The number of carbonyl (C=O) groups is 1. The predicted octanol–water partition coefficient (Wildman–Crippen LogP) is 4.81. The molecule has 2 fully saturated rings. The summed E-state index contributed by atoms with van der Waals surface area (Å²) in [7, 11) is 1.79. The van der Waals surface area contributed by atoms with Crippen LogP contribution < -0.4 is 4.74 Å². The van der Waals surface area contributed by atoms with Crippen molar-refractivity contribution in [3.8, 4) is 5.75 Å². The van der Waals surface area contributed by atoms with Crippen LogP contribution in [0.1, 0.15) is 65.9 Å². The van der Waals surface area contributed by atoms with E-state index in [2.05, 4.69) is 18.7 Å². The van der Waals surface area contributed by atoms with Crippen molar-refractivity contribution in [2.45, 2.75) is 83.6 Å². The average molecular weight is 433 g/mol. The molecule has 0 atom stereocenters. The first kappa shape index (κ1) is 23.9. The van der Waals surface area contributed by atoms with Gasteiger partial charge in [0.1, 0.15) is 17.5 Å². The second kappa shape index (κ2) is 9.78. The molecule has 1 aromatic carbocycles. The molecule has 6 heteroatoms. The maximum Gasteiger partial charge on any atom is 0.410 e. The zero-order valence-electron chi connectivity index (χ0n) is 20.1. The summed E-state index contributed by atoms with van der Waals surface area (Å²) < 4.78 is 18.0. The van der Waals surface area contributed by atoms with E-state index >= 15 is 0 Å².